The van der Waals surface area contributed by atoms with E-state index in [2.05, 4.69) is 9.97 Å². The number of carbonyl (C=O) groups is 2. The van der Waals surface area contributed by atoms with Gasteiger partial charge >= 0.3 is 6.18 Å². The number of pyridine rings is 1. The monoisotopic (exact) mass is 446 g/mol. The van der Waals surface area contributed by atoms with E-state index in [1.807, 2.05) is 0 Å². The van der Waals surface area contributed by atoms with Gasteiger partial charge in [0.2, 0.25) is 5.95 Å². The van der Waals surface area contributed by atoms with Gasteiger partial charge in [-0.1, -0.05) is 29.3 Å². The molecule has 6 nitrogen and oxygen atoms in total. The summed E-state index contributed by atoms with van der Waals surface area (Å²) in [5.41, 5.74) is -4.17. The third-order valence-electron chi connectivity index (χ3n) is 4.48. The van der Waals surface area contributed by atoms with Crippen molar-refractivity contribution in [2.24, 2.45) is 0 Å². The minimum Gasteiger partial charge on any atom is -0.314 e. The Kier molecular flexibility index (Phi) is 4.32. The summed E-state index contributed by atoms with van der Waals surface area (Å²) in [6.45, 7) is 0. The number of carbonyl (C=O) groups excluding carboxylic acids is 2. The highest BCUT2D eigenvalue weighted by molar-refractivity contribution is 6.42. The lowest BCUT2D eigenvalue weighted by Gasteiger charge is -2.33. The van der Waals surface area contributed by atoms with E-state index in [0.29, 0.717) is 4.57 Å². The van der Waals surface area contributed by atoms with Gasteiger partial charge in [0.25, 0.3) is 11.6 Å². The number of benzene rings is 1. The van der Waals surface area contributed by atoms with Crippen molar-refractivity contribution in [2.75, 3.05) is 0 Å². The number of ketones is 1. The summed E-state index contributed by atoms with van der Waals surface area (Å²) in [5, 5.41) is 1.70. The van der Waals surface area contributed by atoms with Crippen molar-refractivity contribution in [3.63, 3.8) is 0 Å². The molecule has 1 aliphatic heterocycles. The number of amides is 1. The molecule has 4 rings (SSSR count). The van der Waals surface area contributed by atoms with Crippen molar-refractivity contribution < 1.29 is 27.2 Å². The molecule has 3 heterocycles. The minimum atomic E-state index is -5.25. The Balaban J connectivity index is 1.93. The standard InChI is InChI=1S/C17H8Cl2F4N4O2/c18-7-4-10-11(5-8(7)19)27-14(25-10)6-12(28)16(27,17(21,22)23)26-15(29)9-2-1-3-13(20)24-9/h1-5H,6H2,(H,26,29). The number of aromatic nitrogens is 3. The van der Waals surface area contributed by atoms with Gasteiger partial charge in [0.15, 0.2) is 5.78 Å². The second kappa shape index (κ2) is 6.39. The Labute approximate surface area is 169 Å². The molecule has 150 valence electrons. The molecule has 0 spiro atoms. The summed E-state index contributed by atoms with van der Waals surface area (Å²) in [4.78, 5) is 32.3. The maximum atomic E-state index is 14.2. The van der Waals surface area contributed by atoms with Crippen molar-refractivity contribution in [1.82, 2.24) is 19.9 Å². The molecule has 1 aliphatic rings. The molecule has 0 saturated heterocycles. The maximum absolute atomic E-state index is 14.2. The van der Waals surface area contributed by atoms with Crippen LogP contribution in [0.15, 0.2) is 30.3 Å². The lowest BCUT2D eigenvalue weighted by atomic mass is 10.0. The average molecular weight is 447 g/mol. The van der Waals surface area contributed by atoms with Gasteiger partial charge in [0, 0.05) is 0 Å². The van der Waals surface area contributed by atoms with Gasteiger partial charge in [-0.3, -0.25) is 14.2 Å². The number of rotatable bonds is 2. The van der Waals surface area contributed by atoms with Gasteiger partial charge in [-0.15, -0.1) is 0 Å². The Morgan fingerprint density at radius 2 is 1.86 bits per heavy atom. The first-order chi connectivity index (χ1) is 13.5. The Hall–Kier alpha value is -2.72. The zero-order valence-corrected chi connectivity index (χ0v) is 15.5. The average Bonchev–Trinajstić information content (AvgIpc) is 3.09. The van der Waals surface area contributed by atoms with Crippen LogP contribution in [0.25, 0.3) is 11.0 Å². The van der Waals surface area contributed by atoms with Crippen molar-refractivity contribution >= 4 is 45.9 Å². The second-order valence-electron chi connectivity index (χ2n) is 6.23. The van der Waals surface area contributed by atoms with Crippen LogP contribution in [0.5, 0.6) is 0 Å². The molecule has 1 amide bonds. The number of nitrogens with one attached hydrogen (secondary N) is 1. The number of imidazole rings is 1. The zero-order valence-electron chi connectivity index (χ0n) is 14.0. The largest absolute Gasteiger partial charge is 0.438 e. The Bertz CT molecular complexity index is 1190. The molecule has 2 aromatic heterocycles. The lowest BCUT2D eigenvalue weighted by molar-refractivity contribution is -0.214. The van der Waals surface area contributed by atoms with Crippen molar-refractivity contribution in [3.8, 4) is 0 Å². The summed E-state index contributed by atoms with van der Waals surface area (Å²) in [6, 6.07) is 5.43. The van der Waals surface area contributed by atoms with Crippen molar-refractivity contribution in [2.45, 2.75) is 18.3 Å². The molecule has 0 radical (unpaired) electrons. The summed E-state index contributed by atoms with van der Waals surface area (Å²) in [6.07, 6.45) is -5.95. The molecule has 3 aromatic rings. The van der Waals surface area contributed by atoms with Gasteiger partial charge in [-0.25, -0.2) is 9.97 Å². The predicted molar refractivity (Wildman–Crippen MR) is 94.2 cm³/mol. The molecule has 1 atom stereocenters. The van der Waals surface area contributed by atoms with Crippen LogP contribution in [-0.2, 0) is 16.9 Å². The molecule has 1 unspecified atom stereocenters. The highest BCUT2D eigenvalue weighted by atomic mass is 35.5. The number of nitrogens with zero attached hydrogens (tertiary/aromatic N) is 3. The molecule has 12 heteroatoms. The summed E-state index contributed by atoms with van der Waals surface area (Å²) < 4.78 is 56.6. The van der Waals surface area contributed by atoms with Crippen LogP contribution in [0.4, 0.5) is 17.6 Å². The van der Waals surface area contributed by atoms with Crippen LogP contribution in [0.1, 0.15) is 16.3 Å². The highest BCUT2D eigenvalue weighted by Crippen LogP contribution is 2.44. The van der Waals surface area contributed by atoms with E-state index < -0.39 is 41.6 Å². The van der Waals surface area contributed by atoms with Gasteiger partial charge in [-0.2, -0.15) is 17.6 Å². The molecular weight excluding hydrogens is 439 g/mol. The van der Waals surface area contributed by atoms with E-state index in [1.54, 1.807) is 5.32 Å². The number of hydrogen-bond donors (Lipinski definition) is 1. The first-order valence-electron chi connectivity index (χ1n) is 7.96. The number of hydrogen-bond acceptors (Lipinski definition) is 4. The fourth-order valence-corrected chi connectivity index (χ4v) is 3.57. The third kappa shape index (κ3) is 2.85. The third-order valence-corrected chi connectivity index (χ3v) is 5.20. The van der Waals surface area contributed by atoms with Crippen LogP contribution < -0.4 is 5.32 Å². The summed E-state index contributed by atoms with van der Waals surface area (Å²) >= 11 is 11.8. The number of fused-ring (bicyclic) bond motifs is 3. The molecule has 0 fully saturated rings. The predicted octanol–water partition coefficient (Wildman–Crippen LogP) is 3.65. The van der Waals surface area contributed by atoms with E-state index in [1.165, 1.54) is 6.07 Å². The van der Waals surface area contributed by atoms with Crippen LogP contribution in [0.2, 0.25) is 10.0 Å². The van der Waals surface area contributed by atoms with E-state index in [4.69, 9.17) is 23.2 Å². The van der Waals surface area contributed by atoms with Gasteiger partial charge in [0.05, 0.1) is 27.5 Å². The van der Waals surface area contributed by atoms with Gasteiger partial charge in [-0.05, 0) is 24.3 Å². The molecule has 1 N–H and O–H groups in total. The van der Waals surface area contributed by atoms with E-state index >= 15 is 0 Å². The van der Waals surface area contributed by atoms with Crippen molar-refractivity contribution in [3.05, 3.63) is 57.8 Å². The number of halogens is 6. The van der Waals surface area contributed by atoms with Gasteiger partial charge < -0.3 is 5.32 Å². The molecule has 0 saturated carbocycles. The van der Waals surface area contributed by atoms with E-state index in [9.17, 15) is 27.2 Å². The zero-order chi connectivity index (χ0) is 21.1. The topological polar surface area (TPSA) is 76.9 Å². The number of alkyl halides is 3. The lowest BCUT2D eigenvalue weighted by Crippen LogP contribution is -2.62. The summed E-state index contributed by atoms with van der Waals surface area (Å²) in [7, 11) is 0. The number of Topliss-reactive ketones (excluding diaryl/α,β-unsaturated/α-hetero) is 1. The normalized spacial score (nSPS) is 18.9. The Morgan fingerprint density at radius 3 is 2.52 bits per heavy atom. The smallest absolute Gasteiger partial charge is 0.314 e. The molecule has 29 heavy (non-hydrogen) atoms. The fraction of sp³-hybridized carbons (Fsp3) is 0.176. The fourth-order valence-electron chi connectivity index (χ4n) is 3.26. The van der Waals surface area contributed by atoms with Crippen LogP contribution in [0, 0.1) is 5.95 Å². The van der Waals surface area contributed by atoms with Crippen molar-refractivity contribution in [1.29, 1.82) is 0 Å². The first kappa shape index (κ1) is 19.6. The second-order valence-corrected chi connectivity index (χ2v) is 7.04. The molecule has 0 aliphatic carbocycles. The van der Waals surface area contributed by atoms with Gasteiger partial charge in [0.1, 0.15) is 11.5 Å². The van der Waals surface area contributed by atoms with Crippen LogP contribution >= 0.6 is 23.2 Å². The molecular formula is C17H8Cl2F4N4O2. The quantitative estimate of drug-likeness (QED) is 0.481. The SMILES string of the molecule is O=C(NC1(C(F)(F)F)C(=O)Cc2nc3cc(Cl)c(Cl)cc3n21)c1cccc(F)n1. The van der Waals surface area contributed by atoms with Crippen LogP contribution in [0.3, 0.4) is 0 Å². The molecule has 1 aromatic carbocycles. The first-order valence-corrected chi connectivity index (χ1v) is 8.72. The van der Waals surface area contributed by atoms with E-state index in [-0.39, 0.29) is 26.9 Å². The highest BCUT2D eigenvalue weighted by Gasteiger charge is 2.67. The minimum absolute atomic E-state index is 0.0598. The Morgan fingerprint density at radius 1 is 1.17 bits per heavy atom. The summed E-state index contributed by atoms with van der Waals surface area (Å²) in [5.74, 6) is -4.03. The van der Waals surface area contributed by atoms with E-state index in [0.717, 1.165) is 24.3 Å². The van der Waals surface area contributed by atoms with Crippen LogP contribution in [-0.4, -0.2) is 32.4 Å². The molecule has 0 bridgehead atoms. The maximum Gasteiger partial charge on any atom is 0.438 e.